The van der Waals surface area contributed by atoms with Crippen molar-refractivity contribution < 1.29 is 28.4 Å². The van der Waals surface area contributed by atoms with Gasteiger partial charge in [0, 0.05) is 31.8 Å². The van der Waals surface area contributed by atoms with E-state index < -0.39 is 43.3 Å². The van der Waals surface area contributed by atoms with Gasteiger partial charge in [-0.05, 0) is 36.4 Å². The lowest BCUT2D eigenvalue weighted by Crippen LogP contribution is -2.59. The topological polar surface area (TPSA) is 55.4 Å². The molecule has 6 rings (SSSR count). The van der Waals surface area contributed by atoms with E-state index in [4.69, 9.17) is 63.2 Å². The molecule has 3 fully saturated rings. The zero-order chi connectivity index (χ0) is 24.6. The van der Waals surface area contributed by atoms with E-state index in [1.165, 1.54) is 0 Å². The SMILES string of the molecule is Clc1ccc(C2OC[C@@H]3OC(c4ccc(Cl)cc4)O[C@@H]4[C@H]3OC(c3ccc(Cl)cc3)O[C@@H]4CO2)cc1. The fourth-order valence-corrected chi connectivity index (χ4v) is 5.00. The predicted octanol–water partition coefficient (Wildman–Crippen LogP) is 6.66. The van der Waals surface area contributed by atoms with E-state index in [-0.39, 0.29) is 13.2 Å². The van der Waals surface area contributed by atoms with Crippen LogP contribution in [0.2, 0.25) is 15.1 Å². The van der Waals surface area contributed by atoms with Crippen LogP contribution < -0.4 is 0 Å². The van der Waals surface area contributed by atoms with Crippen molar-refractivity contribution in [3.8, 4) is 0 Å². The first-order chi connectivity index (χ1) is 17.5. The molecule has 4 bridgehead atoms. The summed E-state index contributed by atoms with van der Waals surface area (Å²) in [5.41, 5.74) is 2.53. The van der Waals surface area contributed by atoms with E-state index in [1.807, 2.05) is 36.4 Å². The first kappa shape index (κ1) is 24.6. The summed E-state index contributed by atoms with van der Waals surface area (Å²) in [6, 6.07) is 22.1. The molecule has 3 aromatic rings. The van der Waals surface area contributed by atoms with E-state index in [1.54, 1.807) is 36.4 Å². The maximum absolute atomic E-state index is 6.41. The third-order valence-electron chi connectivity index (χ3n) is 6.47. The molecule has 7 atom stereocenters. The van der Waals surface area contributed by atoms with E-state index in [0.717, 1.165) is 16.7 Å². The Labute approximate surface area is 223 Å². The molecule has 0 amide bonds. The second-order valence-electron chi connectivity index (χ2n) is 8.87. The summed E-state index contributed by atoms with van der Waals surface area (Å²) in [6.07, 6.45) is -3.67. The van der Waals surface area contributed by atoms with E-state index in [9.17, 15) is 0 Å². The molecule has 0 saturated carbocycles. The summed E-state index contributed by atoms with van der Waals surface area (Å²) in [4.78, 5) is 0. The van der Waals surface area contributed by atoms with Crippen LogP contribution in [0.5, 0.6) is 0 Å². The highest BCUT2D eigenvalue weighted by Crippen LogP contribution is 2.42. The third-order valence-corrected chi connectivity index (χ3v) is 7.22. The maximum atomic E-state index is 6.41. The Morgan fingerprint density at radius 1 is 0.444 bits per heavy atom. The van der Waals surface area contributed by atoms with Gasteiger partial charge in [-0.2, -0.15) is 0 Å². The molecule has 0 aliphatic carbocycles. The summed E-state index contributed by atoms with van der Waals surface area (Å²) >= 11 is 18.3. The van der Waals surface area contributed by atoms with Crippen molar-refractivity contribution in [1.29, 1.82) is 0 Å². The van der Waals surface area contributed by atoms with Crippen molar-refractivity contribution in [2.24, 2.45) is 0 Å². The second-order valence-corrected chi connectivity index (χ2v) is 10.2. The van der Waals surface area contributed by atoms with Crippen molar-refractivity contribution in [2.75, 3.05) is 13.2 Å². The van der Waals surface area contributed by atoms with Crippen LogP contribution in [0.25, 0.3) is 0 Å². The zero-order valence-electron chi connectivity index (χ0n) is 19.0. The minimum Gasteiger partial charge on any atom is -0.346 e. The van der Waals surface area contributed by atoms with Gasteiger partial charge >= 0.3 is 0 Å². The highest BCUT2D eigenvalue weighted by Gasteiger charge is 2.51. The molecule has 9 heteroatoms. The number of benzene rings is 3. The molecule has 0 aromatic heterocycles. The lowest BCUT2D eigenvalue weighted by atomic mass is 9.99. The van der Waals surface area contributed by atoms with E-state index in [0.29, 0.717) is 15.1 Å². The average Bonchev–Trinajstić information content (AvgIpc) is 2.92. The van der Waals surface area contributed by atoms with Gasteiger partial charge in [0.15, 0.2) is 18.9 Å². The Bertz CT molecular complexity index is 1100. The lowest BCUT2D eigenvalue weighted by molar-refractivity contribution is -0.384. The average molecular weight is 550 g/mol. The van der Waals surface area contributed by atoms with Crippen molar-refractivity contribution in [3.05, 3.63) is 105 Å². The Morgan fingerprint density at radius 2 is 0.778 bits per heavy atom. The van der Waals surface area contributed by atoms with Gasteiger partial charge in [-0.25, -0.2) is 0 Å². The second kappa shape index (κ2) is 10.6. The summed E-state index contributed by atoms with van der Waals surface area (Å²) in [6.45, 7) is 0.448. The largest absolute Gasteiger partial charge is 0.346 e. The van der Waals surface area contributed by atoms with Crippen LogP contribution >= 0.6 is 34.8 Å². The van der Waals surface area contributed by atoms with Crippen LogP contribution in [-0.2, 0) is 28.4 Å². The monoisotopic (exact) mass is 548 g/mol. The zero-order valence-corrected chi connectivity index (χ0v) is 21.2. The summed E-state index contributed by atoms with van der Waals surface area (Å²) < 4.78 is 38.1. The molecule has 3 unspecified atom stereocenters. The molecule has 6 nitrogen and oxygen atoms in total. The molecule has 3 aromatic carbocycles. The van der Waals surface area contributed by atoms with Gasteiger partial charge in [0.2, 0.25) is 0 Å². The molecule has 3 heterocycles. The highest BCUT2D eigenvalue weighted by molar-refractivity contribution is 6.31. The quantitative estimate of drug-likeness (QED) is 0.364. The standard InChI is InChI=1S/C27H23Cl3O6/c28-18-7-1-15(2-8-18)25-31-13-21-24-23(35-26(33-21)16-3-9-19(29)10-4-16)22(14-32-25)34-27(36-24)17-5-11-20(30)12-6-17/h1-12,21-27H,13-14H2/t21-,22+,23-,24-,25?,26?,27?/m0/s1. The fourth-order valence-electron chi connectivity index (χ4n) is 4.62. The van der Waals surface area contributed by atoms with Crippen LogP contribution in [0.4, 0.5) is 0 Å². The van der Waals surface area contributed by atoms with Gasteiger partial charge in [0.05, 0.1) is 13.2 Å². The van der Waals surface area contributed by atoms with Gasteiger partial charge in [0.25, 0.3) is 0 Å². The molecule has 0 radical (unpaired) electrons. The molecule has 188 valence electrons. The van der Waals surface area contributed by atoms with Crippen molar-refractivity contribution >= 4 is 34.8 Å². The number of rotatable bonds is 3. The van der Waals surface area contributed by atoms with Gasteiger partial charge in [-0.3, -0.25) is 0 Å². The minimum atomic E-state index is -0.633. The molecule has 36 heavy (non-hydrogen) atoms. The van der Waals surface area contributed by atoms with Crippen LogP contribution in [0.15, 0.2) is 72.8 Å². The summed E-state index contributed by atoms with van der Waals surface area (Å²) in [7, 11) is 0. The number of hydrogen-bond donors (Lipinski definition) is 0. The molecule has 3 aliphatic heterocycles. The van der Waals surface area contributed by atoms with Gasteiger partial charge in [-0.15, -0.1) is 0 Å². The van der Waals surface area contributed by atoms with E-state index >= 15 is 0 Å². The lowest BCUT2D eigenvalue weighted by Gasteiger charge is -2.48. The summed E-state index contributed by atoms with van der Waals surface area (Å²) in [5, 5.41) is 1.91. The van der Waals surface area contributed by atoms with Gasteiger partial charge in [-0.1, -0.05) is 71.2 Å². The molecular formula is C27H23Cl3O6. The molecule has 0 spiro atoms. The third kappa shape index (κ3) is 5.16. The normalized spacial score (nSPS) is 32.2. The smallest absolute Gasteiger partial charge is 0.184 e. The van der Waals surface area contributed by atoms with Crippen molar-refractivity contribution in [1.82, 2.24) is 0 Å². The Hall–Kier alpha value is -1.71. The van der Waals surface area contributed by atoms with Crippen molar-refractivity contribution in [3.63, 3.8) is 0 Å². The number of ether oxygens (including phenoxy) is 6. The van der Waals surface area contributed by atoms with Gasteiger partial charge < -0.3 is 28.4 Å². The minimum absolute atomic E-state index is 0.224. The predicted molar refractivity (Wildman–Crippen MR) is 134 cm³/mol. The van der Waals surface area contributed by atoms with Gasteiger partial charge in [0.1, 0.15) is 24.4 Å². The van der Waals surface area contributed by atoms with Crippen LogP contribution in [0, 0.1) is 0 Å². The maximum Gasteiger partial charge on any atom is 0.184 e. The summed E-state index contributed by atoms with van der Waals surface area (Å²) in [5.74, 6) is 0. The molecular weight excluding hydrogens is 527 g/mol. The van der Waals surface area contributed by atoms with E-state index in [2.05, 4.69) is 0 Å². The Balaban J connectivity index is 1.31. The first-order valence-electron chi connectivity index (χ1n) is 11.6. The first-order valence-corrected chi connectivity index (χ1v) is 12.8. The molecule has 3 saturated heterocycles. The molecule has 0 N–H and O–H groups in total. The van der Waals surface area contributed by atoms with Crippen molar-refractivity contribution in [2.45, 2.75) is 43.3 Å². The van der Waals surface area contributed by atoms with Crippen LogP contribution in [0.1, 0.15) is 35.6 Å². The fraction of sp³-hybridized carbons (Fsp3) is 0.333. The van der Waals surface area contributed by atoms with Crippen LogP contribution in [-0.4, -0.2) is 37.6 Å². The van der Waals surface area contributed by atoms with Crippen LogP contribution in [0.3, 0.4) is 0 Å². The Morgan fingerprint density at radius 3 is 1.14 bits per heavy atom. The number of hydrogen-bond acceptors (Lipinski definition) is 6. The molecule has 3 aliphatic rings. The Kier molecular flexibility index (Phi) is 7.23. The highest BCUT2D eigenvalue weighted by atomic mass is 35.5. The number of halogens is 3.